The van der Waals surface area contributed by atoms with E-state index in [0.29, 0.717) is 12.1 Å². The molecule has 1 N–H and O–H groups in total. The van der Waals surface area contributed by atoms with Gasteiger partial charge in [-0.25, -0.2) is 0 Å². The average Bonchev–Trinajstić information content (AvgIpc) is 2.49. The fourth-order valence-electron chi connectivity index (χ4n) is 2.83. The SMILES string of the molecule is CCCNC(CC)c1ccc(N2CCOCC2C)cc1. The zero-order valence-electron chi connectivity index (χ0n) is 13.1. The predicted molar refractivity (Wildman–Crippen MR) is 85.4 cm³/mol. The third kappa shape index (κ3) is 3.74. The first-order valence-corrected chi connectivity index (χ1v) is 7.94. The highest BCUT2D eigenvalue weighted by atomic mass is 16.5. The maximum atomic E-state index is 5.51. The highest BCUT2D eigenvalue weighted by Crippen LogP contribution is 2.23. The Balaban J connectivity index is 2.04. The zero-order chi connectivity index (χ0) is 14.4. The Labute approximate surface area is 123 Å². The third-order valence-electron chi connectivity index (χ3n) is 4.04. The van der Waals surface area contributed by atoms with Crippen LogP contribution < -0.4 is 10.2 Å². The second-order valence-corrected chi connectivity index (χ2v) is 5.62. The molecule has 2 atom stereocenters. The summed E-state index contributed by atoms with van der Waals surface area (Å²) in [6.07, 6.45) is 2.31. The molecule has 0 saturated carbocycles. The normalized spacial score (nSPS) is 20.9. The van der Waals surface area contributed by atoms with E-state index in [4.69, 9.17) is 4.74 Å². The maximum Gasteiger partial charge on any atom is 0.0668 e. The molecule has 1 aromatic rings. The summed E-state index contributed by atoms with van der Waals surface area (Å²) in [5, 5.41) is 3.61. The van der Waals surface area contributed by atoms with Gasteiger partial charge >= 0.3 is 0 Å². The van der Waals surface area contributed by atoms with Crippen molar-refractivity contribution in [2.75, 3.05) is 31.2 Å². The van der Waals surface area contributed by atoms with Gasteiger partial charge in [-0.05, 0) is 44.0 Å². The average molecular weight is 276 g/mol. The minimum Gasteiger partial charge on any atom is -0.377 e. The van der Waals surface area contributed by atoms with E-state index in [1.165, 1.54) is 17.7 Å². The molecule has 2 rings (SSSR count). The van der Waals surface area contributed by atoms with E-state index >= 15 is 0 Å². The molecule has 3 nitrogen and oxygen atoms in total. The second-order valence-electron chi connectivity index (χ2n) is 5.62. The highest BCUT2D eigenvalue weighted by Gasteiger charge is 2.19. The van der Waals surface area contributed by atoms with Gasteiger partial charge in [-0.15, -0.1) is 0 Å². The molecule has 0 spiro atoms. The molecular weight excluding hydrogens is 248 g/mol. The molecule has 1 saturated heterocycles. The van der Waals surface area contributed by atoms with E-state index in [1.807, 2.05) is 0 Å². The Kier molecular flexibility index (Phi) is 5.86. The number of hydrogen-bond donors (Lipinski definition) is 1. The first-order chi connectivity index (χ1) is 9.76. The lowest BCUT2D eigenvalue weighted by atomic mass is 10.0. The quantitative estimate of drug-likeness (QED) is 0.862. The second kappa shape index (κ2) is 7.65. The van der Waals surface area contributed by atoms with Crippen LogP contribution in [0, 0.1) is 0 Å². The van der Waals surface area contributed by atoms with Crippen LogP contribution in [0.5, 0.6) is 0 Å². The number of benzene rings is 1. The van der Waals surface area contributed by atoms with Gasteiger partial charge in [0.2, 0.25) is 0 Å². The van der Waals surface area contributed by atoms with E-state index in [1.54, 1.807) is 0 Å². The van der Waals surface area contributed by atoms with E-state index in [-0.39, 0.29) is 0 Å². The number of nitrogens with zero attached hydrogens (tertiary/aromatic N) is 1. The first kappa shape index (κ1) is 15.3. The van der Waals surface area contributed by atoms with Crippen molar-refractivity contribution >= 4 is 5.69 Å². The molecular formula is C17H28N2O. The van der Waals surface area contributed by atoms with Gasteiger partial charge in [0.25, 0.3) is 0 Å². The molecule has 20 heavy (non-hydrogen) atoms. The fourth-order valence-corrected chi connectivity index (χ4v) is 2.83. The van der Waals surface area contributed by atoms with E-state index in [9.17, 15) is 0 Å². The lowest BCUT2D eigenvalue weighted by Crippen LogP contribution is -2.43. The standard InChI is InChI=1S/C17H28N2O/c1-4-10-18-17(5-2)15-6-8-16(9-7-15)19-11-12-20-13-14(19)3/h6-9,14,17-18H,4-5,10-13H2,1-3H3. The molecule has 1 aliphatic rings. The molecule has 0 aliphatic carbocycles. The van der Waals surface area contributed by atoms with Crippen molar-refractivity contribution in [2.45, 2.75) is 45.7 Å². The smallest absolute Gasteiger partial charge is 0.0668 e. The number of hydrogen-bond acceptors (Lipinski definition) is 3. The van der Waals surface area contributed by atoms with E-state index in [2.05, 4.69) is 55.3 Å². The Morgan fingerprint density at radius 2 is 2.05 bits per heavy atom. The monoisotopic (exact) mass is 276 g/mol. The van der Waals surface area contributed by atoms with Crippen LogP contribution in [0.4, 0.5) is 5.69 Å². The van der Waals surface area contributed by atoms with Crippen LogP contribution in [-0.2, 0) is 4.74 Å². The molecule has 1 fully saturated rings. The molecule has 0 radical (unpaired) electrons. The van der Waals surface area contributed by atoms with Crippen molar-refractivity contribution in [3.05, 3.63) is 29.8 Å². The van der Waals surface area contributed by atoms with Gasteiger partial charge in [-0.3, -0.25) is 0 Å². The van der Waals surface area contributed by atoms with Crippen molar-refractivity contribution in [1.29, 1.82) is 0 Å². The highest BCUT2D eigenvalue weighted by molar-refractivity contribution is 5.49. The maximum absolute atomic E-state index is 5.51. The molecule has 0 amide bonds. The van der Waals surface area contributed by atoms with Gasteiger partial charge in [0.1, 0.15) is 0 Å². The Morgan fingerprint density at radius 1 is 1.30 bits per heavy atom. The van der Waals surface area contributed by atoms with Crippen molar-refractivity contribution < 1.29 is 4.74 Å². The summed E-state index contributed by atoms with van der Waals surface area (Å²) in [7, 11) is 0. The van der Waals surface area contributed by atoms with Gasteiger partial charge in [0.15, 0.2) is 0 Å². The zero-order valence-corrected chi connectivity index (χ0v) is 13.1. The van der Waals surface area contributed by atoms with Crippen LogP contribution in [0.3, 0.4) is 0 Å². The van der Waals surface area contributed by atoms with Crippen LogP contribution in [0.15, 0.2) is 24.3 Å². The van der Waals surface area contributed by atoms with Gasteiger partial charge in [0, 0.05) is 24.3 Å². The van der Waals surface area contributed by atoms with Crippen molar-refractivity contribution in [3.8, 4) is 0 Å². The summed E-state index contributed by atoms with van der Waals surface area (Å²) in [6.45, 7) is 10.4. The van der Waals surface area contributed by atoms with Gasteiger partial charge in [-0.1, -0.05) is 26.0 Å². The van der Waals surface area contributed by atoms with Crippen LogP contribution >= 0.6 is 0 Å². The summed E-state index contributed by atoms with van der Waals surface area (Å²) in [4.78, 5) is 2.44. The molecule has 1 heterocycles. The van der Waals surface area contributed by atoms with Crippen LogP contribution in [0.25, 0.3) is 0 Å². The minimum atomic E-state index is 0.467. The third-order valence-corrected chi connectivity index (χ3v) is 4.04. The number of ether oxygens (including phenoxy) is 1. The van der Waals surface area contributed by atoms with Crippen LogP contribution in [-0.4, -0.2) is 32.3 Å². The lowest BCUT2D eigenvalue weighted by Gasteiger charge is -2.35. The number of nitrogens with one attached hydrogen (secondary N) is 1. The van der Waals surface area contributed by atoms with Crippen molar-refractivity contribution in [3.63, 3.8) is 0 Å². The molecule has 1 aliphatic heterocycles. The molecule has 0 bridgehead atoms. The van der Waals surface area contributed by atoms with Crippen molar-refractivity contribution in [1.82, 2.24) is 5.32 Å². The molecule has 1 aromatic carbocycles. The summed E-state index contributed by atoms with van der Waals surface area (Å²) in [5.74, 6) is 0. The summed E-state index contributed by atoms with van der Waals surface area (Å²) in [5.41, 5.74) is 2.71. The van der Waals surface area contributed by atoms with Gasteiger partial charge < -0.3 is 15.0 Å². The number of rotatable bonds is 6. The van der Waals surface area contributed by atoms with Gasteiger partial charge in [0.05, 0.1) is 13.2 Å². The van der Waals surface area contributed by atoms with E-state index < -0.39 is 0 Å². The van der Waals surface area contributed by atoms with Crippen molar-refractivity contribution in [2.24, 2.45) is 0 Å². The fraction of sp³-hybridized carbons (Fsp3) is 0.647. The van der Waals surface area contributed by atoms with Crippen LogP contribution in [0.1, 0.15) is 45.2 Å². The first-order valence-electron chi connectivity index (χ1n) is 7.94. The topological polar surface area (TPSA) is 24.5 Å². The largest absolute Gasteiger partial charge is 0.377 e. The molecule has 2 unspecified atom stereocenters. The summed E-state index contributed by atoms with van der Waals surface area (Å²) in [6, 6.07) is 10.0. The van der Waals surface area contributed by atoms with Crippen LogP contribution in [0.2, 0.25) is 0 Å². The molecule has 112 valence electrons. The van der Waals surface area contributed by atoms with Gasteiger partial charge in [-0.2, -0.15) is 0 Å². The number of anilines is 1. The Bertz CT molecular complexity index is 390. The number of morpholine rings is 1. The predicted octanol–water partition coefficient (Wildman–Crippen LogP) is 3.36. The minimum absolute atomic E-state index is 0.467. The summed E-state index contributed by atoms with van der Waals surface area (Å²) >= 11 is 0. The lowest BCUT2D eigenvalue weighted by molar-refractivity contribution is 0.0989. The molecule has 3 heteroatoms. The molecule has 0 aromatic heterocycles. The van der Waals surface area contributed by atoms with E-state index in [0.717, 1.165) is 32.7 Å². The Morgan fingerprint density at radius 3 is 2.65 bits per heavy atom. The summed E-state index contributed by atoms with van der Waals surface area (Å²) < 4.78 is 5.51. The Hall–Kier alpha value is -1.06.